The van der Waals surface area contributed by atoms with Gasteiger partial charge in [0.1, 0.15) is 0 Å². The number of benzene rings is 2. The predicted molar refractivity (Wildman–Crippen MR) is 116 cm³/mol. The summed E-state index contributed by atoms with van der Waals surface area (Å²) in [6.45, 7) is 8.62. The Morgan fingerprint density at radius 1 is 1.15 bits per heavy atom. The first-order valence-electron chi connectivity index (χ1n) is 8.67. The van der Waals surface area contributed by atoms with Crippen LogP contribution in [0.25, 0.3) is 0 Å². The minimum Gasteiger partial charge on any atom is -0.465 e. The molecule has 4 nitrogen and oxygen atoms in total. The Hall–Kier alpha value is -2.11. The van der Waals surface area contributed by atoms with Crippen molar-refractivity contribution >= 4 is 40.6 Å². The lowest BCUT2D eigenvalue weighted by molar-refractivity contribution is 0.0601. The average molecular weight is 405 g/mol. The van der Waals surface area contributed by atoms with E-state index in [1.807, 2.05) is 6.92 Å². The van der Waals surface area contributed by atoms with Crippen LogP contribution >= 0.6 is 23.8 Å². The third-order valence-corrected chi connectivity index (χ3v) is 4.80. The molecule has 0 aliphatic carbocycles. The van der Waals surface area contributed by atoms with Crippen molar-refractivity contribution in [1.82, 2.24) is 5.32 Å². The summed E-state index contributed by atoms with van der Waals surface area (Å²) < 4.78 is 4.73. The lowest BCUT2D eigenvalue weighted by atomic mass is 9.86. The maximum absolute atomic E-state index is 11.8. The normalized spacial score (nSPS) is 12.2. The largest absolute Gasteiger partial charge is 0.465 e. The minimum absolute atomic E-state index is 0.0337. The zero-order valence-corrected chi connectivity index (χ0v) is 17.8. The number of ether oxygens (including phenoxy) is 1. The monoisotopic (exact) mass is 404 g/mol. The molecule has 2 aromatic carbocycles. The summed E-state index contributed by atoms with van der Waals surface area (Å²) in [7, 11) is 1.32. The SMILES string of the molecule is COC(=O)c1cc(NC(=S)NC(C)c2ccc(C(C)(C)C)cc2)ccc1Cl. The van der Waals surface area contributed by atoms with Gasteiger partial charge in [-0.3, -0.25) is 0 Å². The van der Waals surface area contributed by atoms with Crippen LogP contribution in [0.1, 0.15) is 55.2 Å². The van der Waals surface area contributed by atoms with E-state index in [4.69, 9.17) is 28.6 Å². The van der Waals surface area contributed by atoms with Gasteiger partial charge >= 0.3 is 5.97 Å². The average Bonchev–Trinajstić information content (AvgIpc) is 2.62. The summed E-state index contributed by atoms with van der Waals surface area (Å²) in [6.07, 6.45) is 0. The molecule has 6 heteroatoms. The van der Waals surface area contributed by atoms with Gasteiger partial charge in [0.2, 0.25) is 0 Å². The van der Waals surface area contributed by atoms with Gasteiger partial charge in [-0.1, -0.05) is 56.6 Å². The molecule has 2 N–H and O–H groups in total. The van der Waals surface area contributed by atoms with Crippen molar-refractivity contribution in [3.05, 3.63) is 64.2 Å². The van der Waals surface area contributed by atoms with E-state index in [1.165, 1.54) is 12.7 Å². The van der Waals surface area contributed by atoms with Crippen molar-refractivity contribution in [3.63, 3.8) is 0 Å². The number of esters is 1. The first-order chi connectivity index (χ1) is 12.6. The Bertz CT molecular complexity index is 829. The van der Waals surface area contributed by atoms with E-state index in [1.54, 1.807) is 18.2 Å². The second kappa shape index (κ2) is 8.72. The van der Waals surface area contributed by atoms with Crippen LogP contribution in [-0.2, 0) is 10.2 Å². The lowest BCUT2D eigenvalue weighted by Gasteiger charge is -2.21. The van der Waals surface area contributed by atoms with Gasteiger partial charge in [-0.25, -0.2) is 4.79 Å². The van der Waals surface area contributed by atoms with E-state index >= 15 is 0 Å². The van der Waals surface area contributed by atoms with Crippen molar-refractivity contribution in [2.75, 3.05) is 12.4 Å². The molecule has 0 amide bonds. The fourth-order valence-corrected chi connectivity index (χ4v) is 3.08. The molecule has 27 heavy (non-hydrogen) atoms. The van der Waals surface area contributed by atoms with Gasteiger partial charge in [-0.2, -0.15) is 0 Å². The zero-order valence-electron chi connectivity index (χ0n) is 16.2. The summed E-state index contributed by atoms with van der Waals surface area (Å²) in [5.41, 5.74) is 3.50. The van der Waals surface area contributed by atoms with E-state index in [2.05, 4.69) is 55.7 Å². The molecule has 2 rings (SSSR count). The van der Waals surface area contributed by atoms with E-state index in [0.717, 1.165) is 5.56 Å². The van der Waals surface area contributed by atoms with Gasteiger partial charge in [-0.15, -0.1) is 0 Å². The molecule has 0 aliphatic heterocycles. The van der Waals surface area contributed by atoms with Crippen LogP contribution < -0.4 is 10.6 Å². The number of anilines is 1. The van der Waals surface area contributed by atoms with Crippen LogP contribution in [0.2, 0.25) is 5.02 Å². The molecule has 1 atom stereocenters. The van der Waals surface area contributed by atoms with E-state index in [-0.39, 0.29) is 17.0 Å². The fraction of sp³-hybridized carbons (Fsp3) is 0.333. The maximum atomic E-state index is 11.8. The number of carbonyl (C=O) groups is 1. The molecule has 1 unspecified atom stereocenters. The van der Waals surface area contributed by atoms with Crippen LogP contribution in [0.15, 0.2) is 42.5 Å². The Morgan fingerprint density at radius 2 is 1.78 bits per heavy atom. The summed E-state index contributed by atoms with van der Waals surface area (Å²) in [5, 5.41) is 7.12. The highest BCUT2D eigenvalue weighted by molar-refractivity contribution is 7.80. The molecule has 0 spiro atoms. The molecule has 0 fully saturated rings. The molecule has 0 saturated carbocycles. The van der Waals surface area contributed by atoms with Gasteiger partial charge in [0.15, 0.2) is 5.11 Å². The van der Waals surface area contributed by atoms with Crippen LogP contribution in [0, 0.1) is 0 Å². The molecule has 144 valence electrons. The van der Waals surface area contributed by atoms with Crippen LogP contribution in [0.3, 0.4) is 0 Å². The number of rotatable bonds is 4. The van der Waals surface area contributed by atoms with Gasteiger partial charge in [0.05, 0.1) is 23.7 Å². The molecular formula is C21H25ClN2O2S. The van der Waals surface area contributed by atoms with Crippen molar-refractivity contribution in [1.29, 1.82) is 0 Å². The molecule has 0 saturated heterocycles. The zero-order chi connectivity index (χ0) is 20.2. The Balaban J connectivity index is 2.04. The number of nitrogens with one attached hydrogen (secondary N) is 2. The Kier molecular flexibility index (Phi) is 6.84. The molecular weight excluding hydrogens is 380 g/mol. The summed E-state index contributed by atoms with van der Waals surface area (Å²) in [5.74, 6) is -0.491. The number of hydrogen-bond acceptors (Lipinski definition) is 3. The summed E-state index contributed by atoms with van der Waals surface area (Å²) in [4.78, 5) is 11.8. The molecule has 0 aliphatic rings. The molecule has 0 bridgehead atoms. The molecule has 0 aromatic heterocycles. The predicted octanol–water partition coefficient (Wildman–Crippen LogP) is 5.47. The van der Waals surface area contributed by atoms with Crippen LogP contribution in [-0.4, -0.2) is 18.2 Å². The highest BCUT2D eigenvalue weighted by atomic mass is 35.5. The smallest absolute Gasteiger partial charge is 0.339 e. The van der Waals surface area contributed by atoms with Gasteiger partial charge in [0.25, 0.3) is 0 Å². The van der Waals surface area contributed by atoms with Crippen molar-refractivity contribution in [2.24, 2.45) is 0 Å². The van der Waals surface area contributed by atoms with E-state index < -0.39 is 5.97 Å². The number of thiocarbonyl (C=S) groups is 1. The molecule has 2 aromatic rings. The quantitative estimate of drug-likeness (QED) is 0.522. The van der Waals surface area contributed by atoms with Crippen molar-refractivity contribution in [2.45, 2.75) is 39.2 Å². The number of halogens is 1. The molecule has 0 radical (unpaired) electrons. The highest BCUT2D eigenvalue weighted by Crippen LogP contribution is 2.24. The van der Waals surface area contributed by atoms with Gasteiger partial charge < -0.3 is 15.4 Å². The summed E-state index contributed by atoms with van der Waals surface area (Å²) in [6, 6.07) is 13.5. The second-order valence-electron chi connectivity index (χ2n) is 7.38. The van der Waals surface area contributed by atoms with E-state index in [0.29, 0.717) is 15.8 Å². The Morgan fingerprint density at radius 3 is 2.33 bits per heavy atom. The second-order valence-corrected chi connectivity index (χ2v) is 8.19. The topological polar surface area (TPSA) is 50.4 Å². The van der Waals surface area contributed by atoms with Crippen LogP contribution in [0.4, 0.5) is 5.69 Å². The van der Waals surface area contributed by atoms with Crippen molar-refractivity contribution < 1.29 is 9.53 Å². The third-order valence-electron chi connectivity index (χ3n) is 4.25. The van der Waals surface area contributed by atoms with Crippen LogP contribution in [0.5, 0.6) is 0 Å². The fourth-order valence-electron chi connectivity index (χ4n) is 2.59. The standard InChI is InChI=1S/C21H25ClN2O2S/c1-13(14-6-8-15(9-7-14)21(2,3)4)23-20(27)24-16-10-11-18(22)17(12-16)19(25)26-5/h6-13H,1-5H3,(H2,23,24,27). The Labute approximate surface area is 171 Å². The number of methoxy groups -OCH3 is 1. The minimum atomic E-state index is -0.491. The van der Waals surface area contributed by atoms with Crippen molar-refractivity contribution in [3.8, 4) is 0 Å². The first kappa shape index (κ1) is 21.2. The molecule has 0 heterocycles. The van der Waals surface area contributed by atoms with E-state index in [9.17, 15) is 4.79 Å². The van der Waals surface area contributed by atoms with Gasteiger partial charge in [-0.05, 0) is 53.9 Å². The van der Waals surface area contributed by atoms with Gasteiger partial charge in [0, 0.05) is 5.69 Å². The summed E-state index contributed by atoms with van der Waals surface area (Å²) >= 11 is 11.4. The number of carbonyl (C=O) groups excluding carboxylic acids is 1. The first-order valence-corrected chi connectivity index (χ1v) is 9.46. The highest BCUT2D eigenvalue weighted by Gasteiger charge is 2.15. The number of hydrogen-bond donors (Lipinski definition) is 2. The third kappa shape index (κ3) is 5.68. The lowest BCUT2D eigenvalue weighted by Crippen LogP contribution is -2.31. The maximum Gasteiger partial charge on any atom is 0.339 e.